The molecule has 0 rings (SSSR count). The van der Waals surface area contributed by atoms with Crippen molar-refractivity contribution in [1.29, 1.82) is 0 Å². The molecule has 0 heterocycles. The van der Waals surface area contributed by atoms with Crippen molar-refractivity contribution in [2.45, 2.75) is 33.6 Å². The fourth-order valence-corrected chi connectivity index (χ4v) is 2.29. The van der Waals surface area contributed by atoms with Crippen LogP contribution in [0.5, 0.6) is 0 Å². The number of aliphatic hydroxyl groups is 1. The fraction of sp³-hybridized carbons (Fsp3) is 0.667. The summed E-state index contributed by atoms with van der Waals surface area (Å²) in [6.07, 6.45) is 3.64. The zero-order valence-electron chi connectivity index (χ0n) is 11.3. The average molecular weight is 262 g/mol. The van der Waals surface area contributed by atoms with E-state index in [4.69, 9.17) is 9.05 Å². The molecule has 0 saturated heterocycles. The molecule has 0 saturated carbocycles. The van der Waals surface area contributed by atoms with E-state index in [-0.39, 0.29) is 11.9 Å². The molecule has 0 aromatic heterocycles. The molecule has 0 amide bonds. The Hall–Kier alpha value is -0.570. The molecular formula is C12H23O4P. The van der Waals surface area contributed by atoms with E-state index in [0.29, 0.717) is 0 Å². The van der Waals surface area contributed by atoms with E-state index >= 15 is 0 Å². The average Bonchev–Trinajstić information content (AvgIpc) is 2.28. The van der Waals surface area contributed by atoms with Gasteiger partial charge in [-0.15, -0.1) is 0 Å². The Bertz CT molecular complexity index is 332. The van der Waals surface area contributed by atoms with E-state index < -0.39 is 7.60 Å². The maximum Gasteiger partial charge on any atom is 0.337 e. The van der Waals surface area contributed by atoms with Crippen molar-refractivity contribution in [3.8, 4) is 0 Å². The van der Waals surface area contributed by atoms with Gasteiger partial charge in [0.2, 0.25) is 0 Å². The molecule has 5 heteroatoms. The van der Waals surface area contributed by atoms with Gasteiger partial charge in [-0.3, -0.25) is 4.57 Å². The molecule has 0 fully saturated rings. The summed E-state index contributed by atoms with van der Waals surface area (Å²) < 4.78 is 21.4. The van der Waals surface area contributed by atoms with E-state index in [2.05, 4.69) is 6.08 Å². The molecule has 0 aliphatic carbocycles. The summed E-state index contributed by atoms with van der Waals surface area (Å²) in [6, 6.07) is 0. The predicted molar refractivity (Wildman–Crippen MR) is 70.5 cm³/mol. The van der Waals surface area contributed by atoms with Gasteiger partial charge < -0.3 is 14.2 Å². The van der Waals surface area contributed by atoms with Gasteiger partial charge in [0.1, 0.15) is 11.9 Å². The first-order chi connectivity index (χ1) is 7.84. The highest BCUT2D eigenvalue weighted by molar-refractivity contribution is 7.54. The van der Waals surface area contributed by atoms with Gasteiger partial charge in [-0.05, 0) is 39.2 Å². The molecule has 0 radical (unpaired) electrons. The smallest absolute Gasteiger partial charge is 0.337 e. The van der Waals surface area contributed by atoms with Crippen LogP contribution in [0, 0.1) is 0 Å². The van der Waals surface area contributed by atoms with Crippen molar-refractivity contribution in [3.63, 3.8) is 0 Å². The summed E-state index contributed by atoms with van der Waals surface area (Å²) in [7, 11) is -0.535. The SMILES string of the molecule is COP(=O)(C/C(O)=C(\C)CCC=C(C)C)OC. The van der Waals surface area contributed by atoms with Gasteiger partial charge in [-0.25, -0.2) is 0 Å². The Morgan fingerprint density at radius 3 is 2.18 bits per heavy atom. The first-order valence-corrected chi connectivity index (χ1v) is 7.29. The van der Waals surface area contributed by atoms with Crippen molar-refractivity contribution in [1.82, 2.24) is 0 Å². The first-order valence-electron chi connectivity index (χ1n) is 5.56. The topological polar surface area (TPSA) is 55.8 Å². The van der Waals surface area contributed by atoms with Crippen molar-refractivity contribution in [2.75, 3.05) is 20.4 Å². The number of aliphatic hydroxyl groups excluding tert-OH is 1. The number of hydrogen-bond acceptors (Lipinski definition) is 4. The zero-order chi connectivity index (χ0) is 13.5. The molecule has 0 aromatic rings. The van der Waals surface area contributed by atoms with Gasteiger partial charge in [0.05, 0.1) is 0 Å². The van der Waals surface area contributed by atoms with Crippen molar-refractivity contribution in [2.24, 2.45) is 0 Å². The summed E-state index contributed by atoms with van der Waals surface area (Å²) in [5.41, 5.74) is 2.06. The predicted octanol–water partition coefficient (Wildman–Crippen LogP) is 4.05. The van der Waals surface area contributed by atoms with Gasteiger partial charge >= 0.3 is 7.60 Å². The van der Waals surface area contributed by atoms with Crippen LogP contribution in [0.25, 0.3) is 0 Å². The molecule has 100 valence electrons. The van der Waals surface area contributed by atoms with Crippen LogP contribution in [-0.4, -0.2) is 25.5 Å². The van der Waals surface area contributed by atoms with E-state index in [1.807, 2.05) is 20.8 Å². The maximum atomic E-state index is 11.8. The summed E-state index contributed by atoms with van der Waals surface area (Å²) in [6.45, 7) is 5.88. The monoisotopic (exact) mass is 262 g/mol. The quantitative estimate of drug-likeness (QED) is 0.427. The van der Waals surface area contributed by atoms with Crippen molar-refractivity contribution in [3.05, 3.63) is 23.0 Å². The zero-order valence-corrected chi connectivity index (χ0v) is 12.2. The van der Waals surface area contributed by atoms with Crippen LogP contribution in [0.4, 0.5) is 0 Å². The van der Waals surface area contributed by atoms with Crippen LogP contribution < -0.4 is 0 Å². The molecule has 0 unspecified atom stereocenters. The largest absolute Gasteiger partial charge is 0.512 e. The minimum atomic E-state index is -3.17. The van der Waals surface area contributed by atoms with Crippen LogP contribution in [0.15, 0.2) is 23.0 Å². The third kappa shape index (κ3) is 6.67. The Labute approximate surface area is 104 Å². The molecule has 0 aromatic carbocycles. The van der Waals surface area contributed by atoms with E-state index in [9.17, 15) is 9.67 Å². The molecule has 1 N–H and O–H groups in total. The van der Waals surface area contributed by atoms with Gasteiger partial charge in [0, 0.05) is 14.2 Å². The van der Waals surface area contributed by atoms with Gasteiger partial charge in [0.25, 0.3) is 0 Å². The second kappa shape index (κ2) is 7.70. The second-order valence-corrected chi connectivity index (χ2v) is 6.45. The van der Waals surface area contributed by atoms with Gasteiger partial charge in [0.15, 0.2) is 0 Å². The van der Waals surface area contributed by atoms with E-state index in [1.54, 1.807) is 0 Å². The molecule has 0 aliphatic heterocycles. The van der Waals surface area contributed by atoms with Crippen molar-refractivity contribution < 1.29 is 18.7 Å². The standard InChI is InChI=1S/C12H23O4P/c1-10(2)7-6-8-11(3)12(13)9-17(14,15-4)16-5/h7,13H,6,8-9H2,1-5H3/b12-11-. The summed E-state index contributed by atoms with van der Waals surface area (Å²) in [4.78, 5) is 0. The minimum absolute atomic E-state index is 0.0688. The Balaban J connectivity index is 4.49. The molecule has 0 bridgehead atoms. The molecule has 0 aliphatic rings. The number of hydrogen-bond donors (Lipinski definition) is 1. The Morgan fingerprint density at radius 2 is 1.76 bits per heavy atom. The lowest BCUT2D eigenvalue weighted by atomic mass is 10.1. The minimum Gasteiger partial charge on any atom is -0.512 e. The second-order valence-electron chi connectivity index (χ2n) is 4.18. The lowest BCUT2D eigenvalue weighted by Gasteiger charge is -2.14. The highest BCUT2D eigenvalue weighted by atomic mass is 31.2. The highest BCUT2D eigenvalue weighted by Gasteiger charge is 2.23. The molecule has 0 spiro atoms. The molecule has 17 heavy (non-hydrogen) atoms. The first kappa shape index (κ1) is 16.4. The van der Waals surface area contributed by atoms with Crippen LogP contribution in [0.1, 0.15) is 33.6 Å². The Kier molecular flexibility index (Phi) is 7.44. The van der Waals surface area contributed by atoms with Gasteiger partial charge in [-0.1, -0.05) is 11.6 Å². The van der Waals surface area contributed by atoms with E-state index in [1.165, 1.54) is 19.8 Å². The third-order valence-corrected chi connectivity index (χ3v) is 4.26. The van der Waals surface area contributed by atoms with Gasteiger partial charge in [-0.2, -0.15) is 0 Å². The lowest BCUT2D eigenvalue weighted by molar-refractivity contribution is 0.271. The summed E-state index contributed by atoms with van der Waals surface area (Å²) >= 11 is 0. The third-order valence-electron chi connectivity index (χ3n) is 2.46. The van der Waals surface area contributed by atoms with E-state index in [0.717, 1.165) is 18.4 Å². The molecular weight excluding hydrogens is 239 g/mol. The number of allylic oxidation sites excluding steroid dienone is 4. The Morgan fingerprint density at radius 1 is 1.24 bits per heavy atom. The summed E-state index contributed by atoms with van der Waals surface area (Å²) in [5, 5.41) is 9.81. The maximum absolute atomic E-state index is 11.8. The lowest BCUT2D eigenvalue weighted by Crippen LogP contribution is -2.00. The number of rotatable bonds is 7. The summed E-state index contributed by atoms with van der Waals surface area (Å²) in [5.74, 6) is 0.0965. The van der Waals surface area contributed by atoms with Crippen LogP contribution in [0.3, 0.4) is 0 Å². The molecule has 0 atom stereocenters. The fourth-order valence-electron chi connectivity index (χ4n) is 1.24. The van der Waals surface area contributed by atoms with Crippen LogP contribution in [-0.2, 0) is 13.6 Å². The highest BCUT2D eigenvalue weighted by Crippen LogP contribution is 2.47. The molecule has 4 nitrogen and oxygen atoms in total. The van der Waals surface area contributed by atoms with Crippen LogP contribution >= 0.6 is 7.60 Å². The normalized spacial score (nSPS) is 13.2. The van der Waals surface area contributed by atoms with Crippen LogP contribution in [0.2, 0.25) is 0 Å². The van der Waals surface area contributed by atoms with Crippen molar-refractivity contribution >= 4 is 7.60 Å².